The van der Waals surface area contributed by atoms with E-state index in [0.29, 0.717) is 5.56 Å². The van der Waals surface area contributed by atoms with Gasteiger partial charge in [-0.1, -0.05) is 45.4 Å². The molecule has 0 N–H and O–H groups in total. The van der Waals surface area contributed by atoms with Gasteiger partial charge in [0.2, 0.25) is 0 Å². The number of rotatable bonds is 2. The second-order valence-electron chi connectivity index (χ2n) is 3.67. The molecule has 0 heterocycles. The Bertz CT molecular complexity index is 570. The molecular formula is C14H10BrNS. The highest BCUT2D eigenvalue weighted by Crippen LogP contribution is 2.31. The fourth-order valence-corrected chi connectivity index (χ4v) is 2.65. The smallest absolute Gasteiger partial charge is 0.100 e. The Kier molecular flexibility index (Phi) is 3.88. The Morgan fingerprint density at radius 1 is 1.12 bits per heavy atom. The summed E-state index contributed by atoms with van der Waals surface area (Å²) in [6, 6.07) is 16.3. The molecule has 17 heavy (non-hydrogen) atoms. The van der Waals surface area contributed by atoms with E-state index in [1.54, 1.807) is 11.8 Å². The van der Waals surface area contributed by atoms with Gasteiger partial charge in [0.15, 0.2) is 0 Å². The maximum absolute atomic E-state index is 9.08. The first kappa shape index (κ1) is 12.2. The van der Waals surface area contributed by atoms with E-state index in [-0.39, 0.29) is 0 Å². The summed E-state index contributed by atoms with van der Waals surface area (Å²) >= 11 is 4.98. The molecule has 0 fully saturated rings. The highest BCUT2D eigenvalue weighted by atomic mass is 79.9. The minimum atomic E-state index is 0.699. The summed E-state index contributed by atoms with van der Waals surface area (Å²) in [5.41, 5.74) is 1.94. The molecule has 2 aromatic carbocycles. The first-order valence-corrected chi connectivity index (χ1v) is 6.74. The van der Waals surface area contributed by atoms with Crippen molar-refractivity contribution in [3.63, 3.8) is 0 Å². The molecule has 1 nitrogen and oxygen atoms in total. The minimum absolute atomic E-state index is 0.699. The summed E-state index contributed by atoms with van der Waals surface area (Å²) < 4.78 is 0.933. The highest BCUT2D eigenvalue weighted by molar-refractivity contribution is 9.10. The molecule has 0 amide bonds. The van der Waals surface area contributed by atoms with Crippen LogP contribution < -0.4 is 0 Å². The van der Waals surface area contributed by atoms with Gasteiger partial charge < -0.3 is 0 Å². The second-order valence-corrected chi connectivity index (χ2v) is 5.70. The number of benzene rings is 2. The van der Waals surface area contributed by atoms with Gasteiger partial charge >= 0.3 is 0 Å². The standard InChI is InChI=1S/C14H10BrNS/c1-10-2-5-13(6-3-10)17-14-7-4-12(15)8-11(14)9-16/h2-8H,1H3. The van der Waals surface area contributed by atoms with Crippen molar-refractivity contribution in [1.29, 1.82) is 5.26 Å². The molecule has 2 aromatic rings. The van der Waals surface area contributed by atoms with Gasteiger partial charge in [0.05, 0.1) is 5.56 Å². The number of aryl methyl sites for hydroxylation is 1. The van der Waals surface area contributed by atoms with Crippen LogP contribution in [0.1, 0.15) is 11.1 Å². The van der Waals surface area contributed by atoms with Crippen LogP contribution in [0.4, 0.5) is 0 Å². The van der Waals surface area contributed by atoms with Gasteiger partial charge in [-0.15, -0.1) is 0 Å². The van der Waals surface area contributed by atoms with Gasteiger partial charge in [-0.25, -0.2) is 0 Å². The zero-order valence-corrected chi connectivity index (χ0v) is 11.7. The number of hydrogen-bond donors (Lipinski definition) is 0. The lowest BCUT2D eigenvalue weighted by Gasteiger charge is -2.04. The lowest BCUT2D eigenvalue weighted by molar-refractivity contribution is 1.33. The van der Waals surface area contributed by atoms with E-state index in [4.69, 9.17) is 5.26 Å². The normalized spacial score (nSPS) is 9.94. The molecule has 0 saturated carbocycles. The molecule has 0 aromatic heterocycles. The lowest BCUT2D eigenvalue weighted by Crippen LogP contribution is -1.81. The maximum atomic E-state index is 9.08. The van der Waals surface area contributed by atoms with Crippen LogP contribution in [0, 0.1) is 18.3 Å². The third kappa shape index (κ3) is 3.12. The van der Waals surface area contributed by atoms with Crippen LogP contribution in [0.2, 0.25) is 0 Å². The van der Waals surface area contributed by atoms with Gasteiger partial charge in [0.25, 0.3) is 0 Å². The molecule has 2 rings (SSSR count). The Hall–Kier alpha value is -1.24. The van der Waals surface area contributed by atoms with Gasteiger partial charge in [0.1, 0.15) is 6.07 Å². The van der Waals surface area contributed by atoms with E-state index < -0.39 is 0 Å². The molecule has 84 valence electrons. The molecule has 0 saturated heterocycles. The van der Waals surface area contributed by atoms with Crippen LogP contribution in [0.15, 0.2) is 56.7 Å². The summed E-state index contributed by atoms with van der Waals surface area (Å²) in [6.45, 7) is 2.06. The monoisotopic (exact) mass is 303 g/mol. The fourth-order valence-electron chi connectivity index (χ4n) is 1.41. The van der Waals surface area contributed by atoms with Crippen LogP contribution in [-0.4, -0.2) is 0 Å². The SMILES string of the molecule is Cc1ccc(Sc2ccc(Br)cc2C#N)cc1. The van der Waals surface area contributed by atoms with Crippen LogP contribution in [0.25, 0.3) is 0 Å². The topological polar surface area (TPSA) is 23.8 Å². The first-order chi connectivity index (χ1) is 8.19. The van der Waals surface area contributed by atoms with Gasteiger partial charge in [-0.3, -0.25) is 0 Å². The van der Waals surface area contributed by atoms with Crippen LogP contribution >= 0.6 is 27.7 Å². The summed E-state index contributed by atoms with van der Waals surface area (Å²) in [5.74, 6) is 0. The van der Waals surface area contributed by atoms with E-state index in [1.807, 2.05) is 18.2 Å². The molecule has 0 unspecified atom stereocenters. The average molecular weight is 304 g/mol. The van der Waals surface area contributed by atoms with Gasteiger partial charge in [-0.05, 0) is 37.3 Å². The third-order valence-electron chi connectivity index (χ3n) is 2.31. The zero-order valence-electron chi connectivity index (χ0n) is 9.27. The molecular weight excluding hydrogens is 294 g/mol. The Morgan fingerprint density at radius 2 is 1.82 bits per heavy atom. The predicted molar refractivity (Wildman–Crippen MR) is 74.2 cm³/mol. The first-order valence-electron chi connectivity index (χ1n) is 5.13. The summed E-state index contributed by atoms with van der Waals surface area (Å²) in [4.78, 5) is 2.13. The lowest BCUT2D eigenvalue weighted by atomic mass is 10.2. The highest BCUT2D eigenvalue weighted by Gasteiger charge is 2.04. The van der Waals surface area contributed by atoms with Gasteiger partial charge in [-0.2, -0.15) is 5.26 Å². The minimum Gasteiger partial charge on any atom is -0.192 e. The van der Waals surface area contributed by atoms with E-state index in [0.717, 1.165) is 14.3 Å². The molecule has 0 atom stereocenters. The number of halogens is 1. The molecule has 3 heteroatoms. The Balaban J connectivity index is 2.30. The summed E-state index contributed by atoms with van der Waals surface area (Å²) in [5, 5.41) is 9.08. The van der Waals surface area contributed by atoms with Crippen molar-refractivity contribution in [3.05, 3.63) is 58.1 Å². The number of hydrogen-bond acceptors (Lipinski definition) is 2. The summed E-state index contributed by atoms with van der Waals surface area (Å²) in [7, 11) is 0. The van der Waals surface area contributed by atoms with Crippen LogP contribution in [-0.2, 0) is 0 Å². The molecule has 0 aliphatic rings. The van der Waals surface area contributed by atoms with Crippen molar-refractivity contribution < 1.29 is 0 Å². The van der Waals surface area contributed by atoms with Gasteiger partial charge in [0, 0.05) is 14.3 Å². The summed E-state index contributed by atoms with van der Waals surface area (Å²) in [6.07, 6.45) is 0. The quantitative estimate of drug-likeness (QED) is 0.797. The largest absolute Gasteiger partial charge is 0.192 e. The van der Waals surface area contributed by atoms with Crippen molar-refractivity contribution in [1.82, 2.24) is 0 Å². The molecule has 0 aliphatic carbocycles. The number of nitrogens with zero attached hydrogens (tertiary/aromatic N) is 1. The Labute approximate surface area is 114 Å². The van der Waals surface area contributed by atoms with Crippen molar-refractivity contribution in [2.24, 2.45) is 0 Å². The molecule has 0 spiro atoms. The average Bonchev–Trinajstić information content (AvgIpc) is 2.34. The molecule has 0 aliphatic heterocycles. The second kappa shape index (κ2) is 5.39. The van der Waals surface area contributed by atoms with E-state index in [1.165, 1.54) is 5.56 Å². The molecule has 0 radical (unpaired) electrons. The van der Waals surface area contributed by atoms with E-state index >= 15 is 0 Å². The Morgan fingerprint density at radius 3 is 2.47 bits per heavy atom. The number of nitriles is 1. The third-order valence-corrected chi connectivity index (χ3v) is 3.89. The van der Waals surface area contributed by atoms with Crippen molar-refractivity contribution in [3.8, 4) is 6.07 Å². The van der Waals surface area contributed by atoms with Crippen LogP contribution in [0.3, 0.4) is 0 Å². The fraction of sp³-hybridized carbons (Fsp3) is 0.0714. The van der Waals surface area contributed by atoms with E-state index in [2.05, 4.69) is 53.2 Å². The van der Waals surface area contributed by atoms with Crippen molar-refractivity contribution >= 4 is 27.7 Å². The van der Waals surface area contributed by atoms with Crippen molar-refractivity contribution in [2.75, 3.05) is 0 Å². The van der Waals surface area contributed by atoms with Crippen molar-refractivity contribution in [2.45, 2.75) is 16.7 Å². The predicted octanol–water partition coefficient (Wildman–Crippen LogP) is 4.78. The maximum Gasteiger partial charge on any atom is 0.100 e. The zero-order chi connectivity index (χ0) is 12.3. The van der Waals surface area contributed by atoms with Crippen LogP contribution in [0.5, 0.6) is 0 Å². The molecule has 0 bridgehead atoms. The van der Waals surface area contributed by atoms with E-state index in [9.17, 15) is 0 Å².